The first-order valence-electron chi connectivity index (χ1n) is 4.77. The number of hydrogen-bond acceptors (Lipinski definition) is 1. The number of hydrogen-bond donors (Lipinski definition) is 0. The Labute approximate surface area is 90.5 Å². The molecule has 0 aliphatic heterocycles. The maximum atomic E-state index is 13.2. The van der Waals surface area contributed by atoms with E-state index in [-0.39, 0.29) is 5.82 Å². The predicted molar refractivity (Wildman–Crippen MR) is 61.6 cm³/mol. The Morgan fingerprint density at radius 1 is 0.867 bits per heavy atom. The fourth-order valence-corrected chi connectivity index (χ4v) is 2.32. The lowest BCUT2D eigenvalue weighted by Gasteiger charge is -2.06. The van der Waals surface area contributed by atoms with Gasteiger partial charge >= 0.3 is 0 Å². The topological polar surface area (TPSA) is 9.23 Å². The summed E-state index contributed by atoms with van der Waals surface area (Å²) in [5.41, 5.74) is 0. The van der Waals surface area contributed by atoms with Crippen LogP contribution in [0.3, 0.4) is 0 Å². The molecule has 0 saturated carbocycles. The van der Waals surface area contributed by atoms with Gasteiger partial charge in [0.05, 0.1) is 0 Å². The normalized spacial score (nSPS) is 10.7. The Bertz CT molecular complexity index is 431. The molecule has 0 N–H and O–H groups in total. The van der Waals surface area contributed by atoms with Crippen LogP contribution in [0.5, 0.6) is 5.75 Å². The highest BCUT2D eigenvalue weighted by atomic mass is 28.2. The number of para-hydroxylation sites is 1. The van der Waals surface area contributed by atoms with Gasteiger partial charge in [0, 0.05) is 0 Å². The summed E-state index contributed by atoms with van der Waals surface area (Å²) in [7, 11) is -0.871. The van der Waals surface area contributed by atoms with Crippen LogP contribution >= 0.6 is 0 Å². The van der Waals surface area contributed by atoms with Gasteiger partial charge in [0.25, 0.3) is 9.76 Å². The third kappa shape index (κ3) is 2.67. The van der Waals surface area contributed by atoms with E-state index in [0.717, 1.165) is 0 Å². The van der Waals surface area contributed by atoms with Crippen LogP contribution in [0.1, 0.15) is 0 Å². The van der Waals surface area contributed by atoms with Gasteiger partial charge in [0.2, 0.25) is 0 Å². The lowest BCUT2D eigenvalue weighted by Crippen LogP contribution is -2.19. The van der Waals surface area contributed by atoms with Gasteiger partial charge in [-0.3, -0.25) is 0 Å². The van der Waals surface area contributed by atoms with Crippen molar-refractivity contribution in [1.82, 2.24) is 0 Å². The van der Waals surface area contributed by atoms with Crippen molar-refractivity contribution in [3.63, 3.8) is 0 Å². The van der Waals surface area contributed by atoms with Crippen LogP contribution in [-0.2, 0) is 0 Å². The van der Waals surface area contributed by atoms with E-state index in [4.69, 9.17) is 4.43 Å². The number of rotatable bonds is 3. The molecule has 1 nitrogen and oxygen atoms in total. The van der Waals surface area contributed by atoms with Crippen molar-refractivity contribution in [2.24, 2.45) is 0 Å². The molecule has 0 atom stereocenters. The highest BCUT2D eigenvalue weighted by molar-refractivity contribution is 6.47. The zero-order chi connectivity index (χ0) is 10.5. The van der Waals surface area contributed by atoms with Crippen LogP contribution in [0.2, 0.25) is 0 Å². The first-order chi connectivity index (χ1) is 7.36. The lowest BCUT2D eigenvalue weighted by molar-refractivity contribution is 0.522. The molecule has 0 heterocycles. The minimum atomic E-state index is -0.871. The average molecular weight is 218 g/mol. The summed E-state index contributed by atoms with van der Waals surface area (Å²) in [5, 5.41) is 1.17. The van der Waals surface area contributed by atoms with Crippen LogP contribution < -0.4 is 9.61 Å². The minimum absolute atomic E-state index is 0.291. The first-order valence-corrected chi connectivity index (χ1v) is 6.06. The van der Waals surface area contributed by atoms with Gasteiger partial charge in [-0.1, -0.05) is 42.5 Å². The zero-order valence-electron chi connectivity index (χ0n) is 8.19. The van der Waals surface area contributed by atoms with Gasteiger partial charge in [-0.05, 0) is 17.3 Å². The molecule has 0 amide bonds. The standard InChI is InChI=1S/C12H11FOSi/c13-11-8-4-5-9-12(11)14-15-10-6-2-1-3-7-10/h1-9H,15H2. The Kier molecular flexibility index (Phi) is 3.14. The SMILES string of the molecule is Fc1ccccc1O[SiH2]c1ccccc1. The Morgan fingerprint density at radius 2 is 1.53 bits per heavy atom. The fraction of sp³-hybridized carbons (Fsp3) is 0. The summed E-state index contributed by atoms with van der Waals surface area (Å²) in [6.45, 7) is 0. The van der Waals surface area contributed by atoms with Crippen molar-refractivity contribution in [2.45, 2.75) is 0 Å². The van der Waals surface area contributed by atoms with Crippen LogP contribution in [0.15, 0.2) is 54.6 Å². The zero-order valence-corrected chi connectivity index (χ0v) is 9.60. The van der Waals surface area contributed by atoms with Crippen molar-refractivity contribution in [2.75, 3.05) is 0 Å². The quantitative estimate of drug-likeness (QED) is 0.711. The molecule has 76 valence electrons. The molecule has 2 rings (SSSR count). The second kappa shape index (κ2) is 4.75. The van der Waals surface area contributed by atoms with Crippen molar-refractivity contribution in [1.29, 1.82) is 0 Å². The van der Waals surface area contributed by atoms with E-state index in [0.29, 0.717) is 5.75 Å². The van der Waals surface area contributed by atoms with Crippen molar-refractivity contribution in [3.8, 4) is 5.75 Å². The maximum Gasteiger partial charge on any atom is 0.251 e. The average Bonchev–Trinajstić information content (AvgIpc) is 2.29. The lowest BCUT2D eigenvalue weighted by atomic mass is 10.3. The summed E-state index contributed by atoms with van der Waals surface area (Å²) in [6, 6.07) is 16.4. The summed E-state index contributed by atoms with van der Waals surface area (Å²) in [4.78, 5) is 0. The molecular formula is C12H11FOSi. The highest BCUT2D eigenvalue weighted by Gasteiger charge is 2.01. The Morgan fingerprint density at radius 3 is 2.27 bits per heavy atom. The van der Waals surface area contributed by atoms with E-state index in [9.17, 15) is 4.39 Å². The smallest absolute Gasteiger partial charge is 0.251 e. The molecule has 0 aliphatic carbocycles. The Hall–Kier alpha value is -1.61. The summed E-state index contributed by atoms with van der Waals surface area (Å²) >= 11 is 0. The molecule has 0 fully saturated rings. The minimum Gasteiger partial charge on any atom is -0.543 e. The van der Waals surface area contributed by atoms with E-state index in [2.05, 4.69) is 0 Å². The second-order valence-electron chi connectivity index (χ2n) is 3.20. The predicted octanol–water partition coefficient (Wildman–Crippen LogP) is 1.61. The number of halogens is 1. The molecule has 15 heavy (non-hydrogen) atoms. The van der Waals surface area contributed by atoms with Crippen LogP contribution in [0.25, 0.3) is 0 Å². The molecular weight excluding hydrogens is 207 g/mol. The highest BCUT2D eigenvalue weighted by Crippen LogP contribution is 2.14. The Balaban J connectivity index is 2.03. The summed E-state index contributed by atoms with van der Waals surface area (Å²) < 4.78 is 18.7. The third-order valence-corrected chi connectivity index (χ3v) is 3.33. The molecule has 2 aromatic rings. The van der Waals surface area contributed by atoms with E-state index in [1.807, 2.05) is 30.3 Å². The van der Waals surface area contributed by atoms with Crippen LogP contribution in [0.4, 0.5) is 4.39 Å². The molecule has 0 saturated heterocycles. The van der Waals surface area contributed by atoms with Gasteiger partial charge in [0.1, 0.15) is 5.75 Å². The van der Waals surface area contributed by atoms with Crippen molar-refractivity contribution < 1.29 is 8.82 Å². The molecule has 0 unspecified atom stereocenters. The fourth-order valence-electron chi connectivity index (χ4n) is 1.30. The molecule has 3 heteroatoms. The van der Waals surface area contributed by atoms with E-state index in [1.165, 1.54) is 11.3 Å². The van der Waals surface area contributed by atoms with Crippen LogP contribution in [0, 0.1) is 5.82 Å². The summed E-state index contributed by atoms with van der Waals surface area (Å²) in [6.07, 6.45) is 0. The monoisotopic (exact) mass is 218 g/mol. The van der Waals surface area contributed by atoms with E-state index in [1.54, 1.807) is 18.2 Å². The summed E-state index contributed by atoms with van der Waals surface area (Å²) in [5.74, 6) is 0.0638. The third-order valence-electron chi connectivity index (χ3n) is 2.07. The molecule has 0 aromatic heterocycles. The first kappa shape index (κ1) is 9.92. The maximum absolute atomic E-state index is 13.2. The largest absolute Gasteiger partial charge is 0.543 e. The van der Waals surface area contributed by atoms with Crippen LogP contribution in [-0.4, -0.2) is 9.76 Å². The van der Waals surface area contributed by atoms with E-state index >= 15 is 0 Å². The van der Waals surface area contributed by atoms with Crippen molar-refractivity contribution >= 4 is 14.9 Å². The van der Waals surface area contributed by atoms with E-state index < -0.39 is 9.76 Å². The molecule has 0 bridgehead atoms. The van der Waals surface area contributed by atoms with Gasteiger partial charge in [-0.15, -0.1) is 0 Å². The molecule has 2 aromatic carbocycles. The van der Waals surface area contributed by atoms with Gasteiger partial charge in [-0.25, -0.2) is 4.39 Å². The van der Waals surface area contributed by atoms with Gasteiger partial charge in [0.15, 0.2) is 5.82 Å². The molecule has 0 radical (unpaired) electrons. The molecule has 0 spiro atoms. The van der Waals surface area contributed by atoms with Gasteiger partial charge in [-0.2, -0.15) is 0 Å². The van der Waals surface area contributed by atoms with Crippen molar-refractivity contribution in [3.05, 3.63) is 60.4 Å². The second-order valence-corrected chi connectivity index (χ2v) is 4.60. The molecule has 0 aliphatic rings. The van der Waals surface area contributed by atoms with Gasteiger partial charge < -0.3 is 4.43 Å². The number of benzene rings is 2.